The first-order valence-corrected chi connectivity index (χ1v) is 8.31. The monoisotopic (exact) mass is 474 g/mol. The van der Waals surface area contributed by atoms with Crippen molar-refractivity contribution in [2.75, 3.05) is 14.2 Å². The number of nitrogens with zero attached hydrogens (tertiary/aromatic N) is 2. The zero-order chi connectivity index (χ0) is 18.1. The maximum atomic E-state index is 10.4. The Bertz CT molecular complexity index is 729. The smallest absolute Gasteiger partial charge is 0.312 e. The predicted molar refractivity (Wildman–Crippen MR) is 103 cm³/mol. The van der Waals surface area contributed by atoms with Crippen LogP contribution in [0.4, 0.5) is 11.4 Å². The SMILES string of the molecule is COc1ccc(Br)cc1N=C=S.COc1ccc(Br)cc1[N+](=O)[O-]. The van der Waals surface area contributed by atoms with E-state index in [1.54, 1.807) is 19.2 Å². The Labute approximate surface area is 160 Å². The molecular formula is C15H12Br2N2O4S. The Balaban J connectivity index is 0.000000240. The fourth-order valence-electron chi connectivity index (χ4n) is 1.61. The number of nitro groups is 1. The third-order valence-corrected chi connectivity index (χ3v) is 3.72. The van der Waals surface area contributed by atoms with Crippen molar-refractivity contribution in [2.45, 2.75) is 0 Å². The quantitative estimate of drug-likeness (QED) is 0.250. The van der Waals surface area contributed by atoms with E-state index in [0.717, 1.165) is 4.47 Å². The number of halogens is 2. The molecule has 0 fully saturated rings. The first kappa shape index (κ1) is 20.2. The highest BCUT2D eigenvalue weighted by Gasteiger charge is 2.13. The molecule has 0 unspecified atom stereocenters. The van der Waals surface area contributed by atoms with Gasteiger partial charge in [-0.05, 0) is 42.5 Å². The molecular weight excluding hydrogens is 464 g/mol. The number of rotatable bonds is 4. The van der Waals surface area contributed by atoms with Gasteiger partial charge in [0.15, 0.2) is 5.75 Å². The van der Waals surface area contributed by atoms with Crippen LogP contribution in [0.3, 0.4) is 0 Å². The lowest BCUT2D eigenvalue weighted by Crippen LogP contribution is -1.92. The molecule has 0 bridgehead atoms. The number of benzene rings is 2. The lowest BCUT2D eigenvalue weighted by atomic mass is 10.3. The minimum absolute atomic E-state index is 0.0353. The Morgan fingerprint density at radius 1 is 1.08 bits per heavy atom. The molecule has 24 heavy (non-hydrogen) atoms. The predicted octanol–water partition coefficient (Wildman–Crippen LogP) is 5.56. The average Bonchev–Trinajstić information content (AvgIpc) is 2.56. The van der Waals surface area contributed by atoms with Gasteiger partial charge < -0.3 is 9.47 Å². The second kappa shape index (κ2) is 10.1. The number of aliphatic imine (C=N–C) groups is 1. The standard InChI is InChI=1S/C8H6BrNOS.C7H6BrNO3/c1-11-8-3-2-6(9)4-7(8)10-5-12;1-12-7-3-2-5(8)4-6(7)9(10)11/h2*2-4H,1H3. The molecule has 0 saturated carbocycles. The summed E-state index contributed by atoms with van der Waals surface area (Å²) in [6.07, 6.45) is 0. The van der Waals surface area contributed by atoms with Gasteiger partial charge >= 0.3 is 5.69 Å². The summed E-state index contributed by atoms with van der Waals surface area (Å²) < 4.78 is 11.5. The fraction of sp³-hybridized carbons (Fsp3) is 0.133. The topological polar surface area (TPSA) is 74.0 Å². The van der Waals surface area contributed by atoms with E-state index in [2.05, 4.69) is 54.2 Å². The van der Waals surface area contributed by atoms with Crippen LogP contribution in [0, 0.1) is 10.1 Å². The molecule has 126 valence electrons. The number of hydrogen-bond donors (Lipinski definition) is 0. The van der Waals surface area contributed by atoms with Gasteiger partial charge in [0, 0.05) is 15.0 Å². The molecule has 0 spiro atoms. The first-order valence-electron chi connectivity index (χ1n) is 6.32. The minimum atomic E-state index is -0.483. The van der Waals surface area contributed by atoms with E-state index in [4.69, 9.17) is 9.47 Å². The number of ether oxygens (including phenoxy) is 2. The number of methoxy groups -OCH3 is 2. The largest absolute Gasteiger partial charge is 0.494 e. The van der Waals surface area contributed by atoms with Crippen LogP contribution in [0.5, 0.6) is 11.5 Å². The van der Waals surface area contributed by atoms with Crippen LogP contribution in [0.25, 0.3) is 0 Å². The van der Waals surface area contributed by atoms with E-state index in [9.17, 15) is 10.1 Å². The molecule has 2 aromatic rings. The van der Waals surface area contributed by atoms with Gasteiger partial charge in [0.25, 0.3) is 0 Å². The highest BCUT2D eigenvalue weighted by atomic mass is 79.9. The van der Waals surface area contributed by atoms with E-state index >= 15 is 0 Å². The van der Waals surface area contributed by atoms with Gasteiger partial charge in [-0.3, -0.25) is 10.1 Å². The van der Waals surface area contributed by atoms with Crippen molar-refractivity contribution in [2.24, 2.45) is 4.99 Å². The summed E-state index contributed by atoms with van der Waals surface area (Å²) in [5.41, 5.74) is 0.647. The highest BCUT2D eigenvalue weighted by molar-refractivity contribution is 9.10. The van der Waals surface area contributed by atoms with Gasteiger partial charge in [0.2, 0.25) is 0 Å². The first-order chi connectivity index (χ1) is 11.4. The van der Waals surface area contributed by atoms with E-state index < -0.39 is 4.92 Å². The fourth-order valence-corrected chi connectivity index (χ4v) is 2.40. The average molecular weight is 476 g/mol. The van der Waals surface area contributed by atoms with Crippen molar-refractivity contribution in [3.63, 3.8) is 0 Å². The van der Waals surface area contributed by atoms with Crippen LogP contribution >= 0.6 is 44.1 Å². The number of isothiocyanates is 1. The molecule has 0 aliphatic rings. The number of thiocarbonyl (C=S) groups is 1. The Morgan fingerprint density at radius 3 is 2.12 bits per heavy atom. The normalized spacial score (nSPS) is 9.17. The van der Waals surface area contributed by atoms with Crippen molar-refractivity contribution in [3.8, 4) is 11.5 Å². The summed E-state index contributed by atoms with van der Waals surface area (Å²) in [4.78, 5) is 13.8. The van der Waals surface area contributed by atoms with Gasteiger partial charge in [-0.2, -0.15) is 4.99 Å². The maximum Gasteiger partial charge on any atom is 0.312 e. The summed E-state index contributed by atoms with van der Waals surface area (Å²) in [5.74, 6) is 0.957. The van der Waals surface area contributed by atoms with Gasteiger partial charge in [-0.25, -0.2) is 0 Å². The highest BCUT2D eigenvalue weighted by Crippen LogP contribution is 2.30. The van der Waals surface area contributed by atoms with Crippen LogP contribution in [0.15, 0.2) is 50.3 Å². The molecule has 0 saturated heterocycles. The molecule has 9 heteroatoms. The van der Waals surface area contributed by atoms with E-state index in [1.165, 1.54) is 13.2 Å². The molecule has 0 aromatic heterocycles. The van der Waals surface area contributed by atoms with Crippen molar-refractivity contribution < 1.29 is 14.4 Å². The molecule has 0 radical (unpaired) electrons. The Morgan fingerprint density at radius 2 is 1.62 bits per heavy atom. The van der Waals surface area contributed by atoms with Crippen molar-refractivity contribution >= 4 is 60.6 Å². The zero-order valence-electron chi connectivity index (χ0n) is 12.7. The second-order valence-corrected chi connectivity index (χ2v) is 6.11. The summed E-state index contributed by atoms with van der Waals surface area (Å²) in [7, 11) is 2.99. The lowest BCUT2D eigenvalue weighted by Gasteiger charge is -2.02. The zero-order valence-corrected chi connectivity index (χ0v) is 16.6. The van der Waals surface area contributed by atoms with E-state index in [0.29, 0.717) is 15.9 Å². The molecule has 0 amide bonds. The van der Waals surface area contributed by atoms with Crippen LogP contribution in [-0.2, 0) is 0 Å². The van der Waals surface area contributed by atoms with Crippen LogP contribution in [0.1, 0.15) is 0 Å². The van der Waals surface area contributed by atoms with E-state index in [-0.39, 0.29) is 11.4 Å². The van der Waals surface area contributed by atoms with Gasteiger partial charge in [-0.1, -0.05) is 31.9 Å². The third-order valence-electron chi connectivity index (χ3n) is 2.64. The molecule has 0 heterocycles. The number of nitro benzene ring substituents is 1. The van der Waals surface area contributed by atoms with Crippen molar-refractivity contribution in [3.05, 3.63) is 55.5 Å². The van der Waals surface area contributed by atoms with E-state index in [1.807, 2.05) is 18.2 Å². The van der Waals surface area contributed by atoms with Crippen molar-refractivity contribution in [1.29, 1.82) is 0 Å². The maximum absolute atomic E-state index is 10.4. The van der Waals surface area contributed by atoms with Gasteiger partial charge in [-0.15, -0.1) is 0 Å². The lowest BCUT2D eigenvalue weighted by molar-refractivity contribution is -0.385. The second-order valence-electron chi connectivity index (χ2n) is 4.09. The molecule has 2 aromatic carbocycles. The molecule has 0 N–H and O–H groups in total. The Kier molecular flexibility index (Phi) is 8.56. The van der Waals surface area contributed by atoms with Gasteiger partial charge in [0.05, 0.1) is 24.3 Å². The summed E-state index contributed by atoms with van der Waals surface area (Å²) in [6, 6.07) is 10.1. The third kappa shape index (κ3) is 6.01. The molecule has 0 aliphatic carbocycles. The summed E-state index contributed by atoms with van der Waals surface area (Å²) in [6.45, 7) is 0. The molecule has 0 atom stereocenters. The van der Waals surface area contributed by atoms with Crippen molar-refractivity contribution in [1.82, 2.24) is 0 Å². The van der Waals surface area contributed by atoms with Crippen LogP contribution in [-0.4, -0.2) is 24.3 Å². The summed E-state index contributed by atoms with van der Waals surface area (Å²) in [5, 5.41) is 12.7. The molecule has 2 rings (SSSR count). The van der Waals surface area contributed by atoms with Crippen LogP contribution < -0.4 is 9.47 Å². The molecule has 6 nitrogen and oxygen atoms in total. The molecule has 0 aliphatic heterocycles. The number of hydrogen-bond acceptors (Lipinski definition) is 6. The minimum Gasteiger partial charge on any atom is -0.494 e. The Hall–Kier alpha value is -1.80. The van der Waals surface area contributed by atoms with Crippen LogP contribution in [0.2, 0.25) is 0 Å². The summed E-state index contributed by atoms with van der Waals surface area (Å²) >= 11 is 10.9. The van der Waals surface area contributed by atoms with Gasteiger partial charge in [0.1, 0.15) is 11.4 Å².